The highest BCUT2D eigenvalue weighted by Crippen LogP contribution is 2.29. The Morgan fingerprint density at radius 2 is 2.08 bits per heavy atom. The van der Waals surface area contributed by atoms with Gasteiger partial charge in [-0.3, -0.25) is 15.2 Å². The standard InChI is InChI=1S/C13H6ClF3N4O4/c14-4-1-2-5-6(3-4)25-10(24)7(8(5)22)9(23)18-12-19-11(20-21-12)13(15,16)17/h1-3,22H,(H2,18,19,20,21,23). The average Bonchev–Trinajstić information content (AvgIpc) is 2.95. The number of halogens is 4. The second-order valence-corrected chi connectivity index (χ2v) is 5.15. The lowest BCUT2D eigenvalue weighted by Gasteiger charge is -2.06. The predicted octanol–water partition coefficient (Wildman–Crippen LogP) is 2.54. The van der Waals surface area contributed by atoms with Crippen molar-refractivity contribution in [1.29, 1.82) is 0 Å². The normalized spacial score (nSPS) is 11.7. The van der Waals surface area contributed by atoms with Crippen LogP contribution in [0.4, 0.5) is 19.1 Å². The molecule has 130 valence electrons. The van der Waals surface area contributed by atoms with Gasteiger partial charge in [-0.15, -0.1) is 5.10 Å². The number of hydrogen-bond acceptors (Lipinski definition) is 6. The molecule has 12 heteroatoms. The molecule has 3 N–H and O–H groups in total. The number of alkyl halides is 3. The molecule has 8 nitrogen and oxygen atoms in total. The first kappa shape index (κ1) is 16.8. The Kier molecular flexibility index (Phi) is 3.87. The number of carbonyl (C=O) groups excluding carboxylic acids is 1. The number of aromatic nitrogens is 3. The summed E-state index contributed by atoms with van der Waals surface area (Å²) < 4.78 is 42.2. The number of H-pyrrole nitrogens is 1. The van der Waals surface area contributed by atoms with Gasteiger partial charge in [0.15, 0.2) is 5.56 Å². The van der Waals surface area contributed by atoms with Crippen LogP contribution in [0.5, 0.6) is 5.75 Å². The smallest absolute Gasteiger partial charge is 0.451 e. The monoisotopic (exact) mass is 374 g/mol. The second-order valence-electron chi connectivity index (χ2n) is 4.71. The van der Waals surface area contributed by atoms with E-state index in [0.29, 0.717) is 0 Å². The number of fused-ring (bicyclic) bond motifs is 1. The summed E-state index contributed by atoms with van der Waals surface area (Å²) in [5, 5.41) is 17.0. The van der Waals surface area contributed by atoms with Gasteiger partial charge in [0.2, 0.25) is 11.8 Å². The maximum atomic E-state index is 12.4. The molecule has 1 aromatic carbocycles. The molecule has 0 atom stereocenters. The van der Waals surface area contributed by atoms with E-state index in [1.54, 1.807) is 5.10 Å². The molecule has 0 aliphatic heterocycles. The molecular formula is C13H6ClF3N4O4. The molecule has 0 saturated carbocycles. The molecule has 3 aromatic rings. The van der Waals surface area contributed by atoms with Crippen LogP contribution >= 0.6 is 11.6 Å². The Labute approximate surface area is 140 Å². The molecular weight excluding hydrogens is 369 g/mol. The van der Waals surface area contributed by atoms with E-state index in [0.717, 1.165) is 0 Å². The Morgan fingerprint density at radius 1 is 1.36 bits per heavy atom. The first-order valence-corrected chi connectivity index (χ1v) is 6.81. The van der Waals surface area contributed by atoms with Crippen LogP contribution < -0.4 is 10.9 Å². The van der Waals surface area contributed by atoms with Crippen LogP contribution in [-0.2, 0) is 6.18 Å². The van der Waals surface area contributed by atoms with Gasteiger partial charge < -0.3 is 9.52 Å². The van der Waals surface area contributed by atoms with Crippen LogP contribution in [0.25, 0.3) is 11.0 Å². The zero-order valence-electron chi connectivity index (χ0n) is 11.8. The van der Waals surface area contributed by atoms with Gasteiger partial charge in [0.25, 0.3) is 5.91 Å². The fourth-order valence-electron chi connectivity index (χ4n) is 1.97. The van der Waals surface area contributed by atoms with Crippen LogP contribution in [-0.4, -0.2) is 26.2 Å². The van der Waals surface area contributed by atoms with Gasteiger partial charge >= 0.3 is 11.8 Å². The third kappa shape index (κ3) is 3.13. The van der Waals surface area contributed by atoms with Crippen molar-refractivity contribution in [2.24, 2.45) is 0 Å². The van der Waals surface area contributed by atoms with Crippen molar-refractivity contribution >= 4 is 34.4 Å². The molecule has 0 saturated heterocycles. The summed E-state index contributed by atoms with van der Waals surface area (Å²) in [5.41, 5.74) is -2.09. The Bertz CT molecular complexity index is 1040. The van der Waals surface area contributed by atoms with Crippen LogP contribution in [0.15, 0.2) is 27.4 Å². The fraction of sp³-hybridized carbons (Fsp3) is 0.0769. The number of carbonyl (C=O) groups is 1. The number of aromatic hydroxyl groups is 1. The van der Waals surface area contributed by atoms with Crippen molar-refractivity contribution in [3.63, 3.8) is 0 Å². The van der Waals surface area contributed by atoms with Gasteiger partial charge in [0.1, 0.15) is 11.3 Å². The molecule has 1 amide bonds. The van der Waals surface area contributed by atoms with E-state index >= 15 is 0 Å². The fourth-order valence-corrected chi connectivity index (χ4v) is 2.13. The number of nitrogens with zero attached hydrogens (tertiary/aromatic N) is 2. The van der Waals surface area contributed by atoms with Crippen LogP contribution in [0.1, 0.15) is 16.2 Å². The Morgan fingerprint density at radius 3 is 2.72 bits per heavy atom. The third-order valence-corrected chi connectivity index (χ3v) is 3.28. The molecule has 25 heavy (non-hydrogen) atoms. The summed E-state index contributed by atoms with van der Waals surface area (Å²) in [4.78, 5) is 27.0. The first-order chi connectivity index (χ1) is 11.7. The van der Waals surface area contributed by atoms with Crippen molar-refractivity contribution in [3.8, 4) is 5.75 Å². The predicted molar refractivity (Wildman–Crippen MR) is 78.5 cm³/mol. The van der Waals surface area contributed by atoms with Crippen molar-refractivity contribution in [3.05, 3.63) is 45.0 Å². The van der Waals surface area contributed by atoms with E-state index in [-0.39, 0.29) is 16.0 Å². The summed E-state index contributed by atoms with van der Waals surface area (Å²) in [7, 11) is 0. The average molecular weight is 375 g/mol. The van der Waals surface area contributed by atoms with Crippen molar-refractivity contribution in [2.75, 3.05) is 5.32 Å². The first-order valence-electron chi connectivity index (χ1n) is 6.43. The lowest BCUT2D eigenvalue weighted by Crippen LogP contribution is -2.21. The zero-order chi connectivity index (χ0) is 18.4. The molecule has 0 aliphatic rings. The summed E-state index contributed by atoms with van der Waals surface area (Å²) in [6, 6.07) is 3.95. The number of amides is 1. The van der Waals surface area contributed by atoms with E-state index in [1.165, 1.54) is 18.2 Å². The number of rotatable bonds is 2. The van der Waals surface area contributed by atoms with E-state index < -0.39 is 40.8 Å². The van der Waals surface area contributed by atoms with E-state index in [2.05, 4.69) is 10.1 Å². The molecule has 2 heterocycles. The lowest BCUT2D eigenvalue weighted by molar-refractivity contribution is -0.144. The number of anilines is 1. The van der Waals surface area contributed by atoms with Gasteiger partial charge in [-0.25, -0.2) is 4.79 Å². The minimum absolute atomic E-state index is 0.0140. The van der Waals surface area contributed by atoms with Crippen LogP contribution in [0, 0.1) is 0 Å². The lowest BCUT2D eigenvalue weighted by atomic mass is 10.1. The van der Waals surface area contributed by atoms with E-state index in [9.17, 15) is 27.9 Å². The third-order valence-electron chi connectivity index (χ3n) is 3.05. The molecule has 0 unspecified atom stereocenters. The summed E-state index contributed by atoms with van der Waals surface area (Å²) in [6.07, 6.45) is -4.79. The number of aromatic amines is 1. The summed E-state index contributed by atoms with van der Waals surface area (Å²) in [5.74, 6) is -4.12. The quantitative estimate of drug-likeness (QED) is 0.593. The van der Waals surface area contributed by atoms with Gasteiger partial charge in [0, 0.05) is 11.1 Å². The molecule has 0 radical (unpaired) electrons. The highest BCUT2D eigenvalue weighted by molar-refractivity contribution is 6.31. The highest BCUT2D eigenvalue weighted by atomic mass is 35.5. The van der Waals surface area contributed by atoms with Gasteiger partial charge in [-0.05, 0) is 12.1 Å². The topological polar surface area (TPSA) is 121 Å². The highest BCUT2D eigenvalue weighted by Gasteiger charge is 2.35. The van der Waals surface area contributed by atoms with Crippen LogP contribution in [0.3, 0.4) is 0 Å². The van der Waals surface area contributed by atoms with Gasteiger partial charge in [-0.2, -0.15) is 18.2 Å². The summed E-state index contributed by atoms with van der Waals surface area (Å²) in [6.45, 7) is 0. The Balaban J connectivity index is 1.99. The SMILES string of the molecule is O=C(Nc1n[nH]c(C(F)(F)F)n1)c1c(O)c2ccc(Cl)cc2oc1=O. The maximum absolute atomic E-state index is 12.4. The number of hydrogen-bond donors (Lipinski definition) is 3. The largest absolute Gasteiger partial charge is 0.506 e. The second kappa shape index (κ2) is 5.77. The molecule has 3 rings (SSSR count). The van der Waals surface area contributed by atoms with Gasteiger partial charge in [0.05, 0.1) is 5.39 Å². The van der Waals surface area contributed by atoms with Crippen LogP contribution in [0.2, 0.25) is 5.02 Å². The van der Waals surface area contributed by atoms with E-state index in [1.807, 2.05) is 5.32 Å². The van der Waals surface area contributed by atoms with Crippen molar-refractivity contribution in [2.45, 2.75) is 6.18 Å². The minimum Gasteiger partial charge on any atom is -0.506 e. The molecule has 0 fully saturated rings. The van der Waals surface area contributed by atoms with Crippen molar-refractivity contribution in [1.82, 2.24) is 15.2 Å². The zero-order valence-corrected chi connectivity index (χ0v) is 12.6. The maximum Gasteiger partial charge on any atom is 0.451 e. The number of benzene rings is 1. The number of nitrogens with one attached hydrogen (secondary N) is 2. The summed E-state index contributed by atoms with van der Waals surface area (Å²) >= 11 is 5.74. The molecule has 0 spiro atoms. The minimum atomic E-state index is -4.79. The van der Waals surface area contributed by atoms with Gasteiger partial charge in [-0.1, -0.05) is 11.6 Å². The Hall–Kier alpha value is -3.08. The molecule has 0 bridgehead atoms. The van der Waals surface area contributed by atoms with E-state index in [4.69, 9.17) is 16.0 Å². The molecule has 0 aliphatic carbocycles. The molecule has 2 aromatic heterocycles. The van der Waals surface area contributed by atoms with Crippen molar-refractivity contribution < 1.29 is 27.5 Å².